The Kier molecular flexibility index (Phi) is 7.58. The largest absolute Gasteiger partial charge is 0.505 e. The van der Waals surface area contributed by atoms with Crippen molar-refractivity contribution < 1.29 is 5.11 Å². The third-order valence-electron chi connectivity index (χ3n) is 6.51. The third kappa shape index (κ3) is 5.70. The Morgan fingerprint density at radius 1 is 0.675 bits per heavy atom. The van der Waals surface area contributed by atoms with E-state index in [4.69, 9.17) is 0 Å². The molecule has 0 aromatic heterocycles. The highest BCUT2D eigenvalue weighted by Gasteiger charge is 2.10. The Hall–Kier alpha value is -5.78. The van der Waals surface area contributed by atoms with Gasteiger partial charge in [0.15, 0.2) is 0 Å². The van der Waals surface area contributed by atoms with Gasteiger partial charge in [0.25, 0.3) is 0 Å². The summed E-state index contributed by atoms with van der Waals surface area (Å²) in [6.45, 7) is 1.84. The van der Waals surface area contributed by atoms with Crippen molar-refractivity contribution in [3.05, 3.63) is 137 Å². The predicted octanol–water partition coefficient (Wildman–Crippen LogP) is 9.40. The van der Waals surface area contributed by atoms with Gasteiger partial charge < -0.3 is 5.11 Å². The number of fused-ring (bicyclic) bond motifs is 1. The molecule has 0 unspecified atom stereocenters. The van der Waals surface area contributed by atoms with E-state index in [-0.39, 0.29) is 5.75 Å². The molecule has 0 radical (unpaired) electrons. The highest BCUT2D eigenvalue weighted by Crippen LogP contribution is 2.38. The van der Waals surface area contributed by atoms with Crippen LogP contribution >= 0.6 is 0 Å². The fourth-order valence-electron chi connectivity index (χ4n) is 4.37. The SMILES string of the molecule is Cc1cc2ccccc2c(N=Nc2ccc(/C=C(/C#N)c3ccc(/C(C#N)=C/c4ccccc4)cc3)cc2)c1O. The Balaban J connectivity index is 1.36. The number of hydrogen-bond donors (Lipinski definition) is 1. The maximum atomic E-state index is 10.6. The number of hydrogen-bond acceptors (Lipinski definition) is 5. The number of phenols is 1. The number of phenolic OH excluding ortho intramolecular Hbond substituents is 1. The van der Waals surface area contributed by atoms with Crippen molar-refractivity contribution in [2.45, 2.75) is 6.92 Å². The van der Waals surface area contributed by atoms with Crippen molar-refractivity contribution in [1.82, 2.24) is 0 Å². The third-order valence-corrected chi connectivity index (χ3v) is 6.51. The molecule has 0 aliphatic carbocycles. The second kappa shape index (κ2) is 11.7. The lowest BCUT2D eigenvalue weighted by Crippen LogP contribution is -1.86. The van der Waals surface area contributed by atoms with E-state index in [2.05, 4.69) is 22.4 Å². The van der Waals surface area contributed by atoms with Gasteiger partial charge in [0.1, 0.15) is 11.4 Å². The number of allylic oxidation sites excluding steroid dienone is 2. The zero-order chi connectivity index (χ0) is 27.9. The first-order valence-electron chi connectivity index (χ1n) is 12.7. The summed E-state index contributed by atoms with van der Waals surface area (Å²) in [6.07, 6.45) is 3.65. The van der Waals surface area contributed by atoms with E-state index in [1.807, 2.05) is 122 Å². The minimum absolute atomic E-state index is 0.115. The van der Waals surface area contributed by atoms with Crippen LogP contribution in [0.4, 0.5) is 11.4 Å². The van der Waals surface area contributed by atoms with Crippen molar-refractivity contribution in [3.8, 4) is 17.9 Å². The van der Waals surface area contributed by atoms with Crippen LogP contribution in [0.1, 0.15) is 27.8 Å². The zero-order valence-electron chi connectivity index (χ0n) is 21.8. The van der Waals surface area contributed by atoms with Crippen LogP contribution in [-0.4, -0.2) is 5.11 Å². The van der Waals surface area contributed by atoms with Gasteiger partial charge in [0.2, 0.25) is 0 Å². The highest BCUT2D eigenvalue weighted by atomic mass is 16.3. The van der Waals surface area contributed by atoms with Gasteiger partial charge in [-0.05, 0) is 70.5 Å². The molecule has 1 N–H and O–H groups in total. The summed E-state index contributed by atoms with van der Waals surface area (Å²) in [4.78, 5) is 0. The molecule has 0 saturated carbocycles. The van der Waals surface area contributed by atoms with E-state index in [0.717, 1.165) is 38.6 Å². The van der Waals surface area contributed by atoms with Crippen molar-refractivity contribution in [3.63, 3.8) is 0 Å². The summed E-state index contributed by atoms with van der Waals surface area (Å²) >= 11 is 0. The van der Waals surface area contributed by atoms with Gasteiger partial charge in [-0.3, -0.25) is 0 Å². The van der Waals surface area contributed by atoms with Crippen LogP contribution in [0.25, 0.3) is 34.1 Å². The molecular weight excluding hydrogens is 492 g/mol. The maximum absolute atomic E-state index is 10.6. The molecule has 5 rings (SSSR count). The second-order valence-electron chi connectivity index (χ2n) is 9.23. The normalized spacial score (nSPS) is 11.9. The molecule has 5 nitrogen and oxygen atoms in total. The molecule has 0 fully saturated rings. The van der Waals surface area contributed by atoms with Gasteiger partial charge in [-0.25, -0.2) is 0 Å². The molecule has 0 atom stereocenters. The first-order chi connectivity index (χ1) is 19.6. The molecular formula is C35H24N4O. The summed E-state index contributed by atoms with van der Waals surface area (Å²) < 4.78 is 0. The molecule has 0 heterocycles. The minimum atomic E-state index is 0.115. The summed E-state index contributed by atoms with van der Waals surface area (Å²) in [5.74, 6) is 0.115. The first kappa shape index (κ1) is 25.9. The average molecular weight is 517 g/mol. The monoisotopic (exact) mass is 516 g/mol. The molecule has 5 aromatic carbocycles. The standard InChI is InChI=1S/C35H24N4O/c1-24-19-29-9-5-6-10-33(29)34(35(24)40)39-38-32-17-11-26(12-18-32)21-31(23-37)28-15-13-27(14-16-28)30(22-36)20-25-7-3-2-4-8-25/h2-21,40H,1H3/b30-20+,31-21-,39-38?. The Bertz CT molecular complexity index is 1850. The molecule has 0 spiro atoms. The van der Waals surface area contributed by atoms with E-state index in [1.165, 1.54) is 0 Å². The summed E-state index contributed by atoms with van der Waals surface area (Å²) in [5.41, 5.74) is 6.19. The molecule has 5 heteroatoms. The predicted molar refractivity (Wildman–Crippen MR) is 161 cm³/mol. The van der Waals surface area contributed by atoms with Crippen LogP contribution in [0.3, 0.4) is 0 Å². The quantitative estimate of drug-likeness (QED) is 0.138. The molecule has 0 aliphatic rings. The number of nitriles is 2. The smallest absolute Gasteiger partial charge is 0.146 e. The van der Waals surface area contributed by atoms with Gasteiger partial charge in [-0.15, -0.1) is 5.11 Å². The average Bonchev–Trinajstić information content (AvgIpc) is 3.00. The van der Waals surface area contributed by atoms with E-state index < -0.39 is 0 Å². The van der Waals surface area contributed by atoms with Crippen molar-refractivity contribution in [2.24, 2.45) is 10.2 Å². The molecule has 40 heavy (non-hydrogen) atoms. The zero-order valence-corrected chi connectivity index (χ0v) is 21.8. The second-order valence-corrected chi connectivity index (χ2v) is 9.23. The lowest BCUT2D eigenvalue weighted by Gasteiger charge is -2.07. The number of rotatable bonds is 6. The van der Waals surface area contributed by atoms with Crippen LogP contribution in [0.2, 0.25) is 0 Å². The number of azo groups is 1. The molecule has 0 bridgehead atoms. The Morgan fingerprint density at radius 3 is 1.82 bits per heavy atom. The first-order valence-corrected chi connectivity index (χ1v) is 12.7. The highest BCUT2D eigenvalue weighted by molar-refractivity contribution is 5.96. The van der Waals surface area contributed by atoms with Crippen LogP contribution in [0.5, 0.6) is 5.75 Å². The van der Waals surface area contributed by atoms with Gasteiger partial charge in [0.05, 0.1) is 29.0 Å². The van der Waals surface area contributed by atoms with Gasteiger partial charge in [0, 0.05) is 5.39 Å². The van der Waals surface area contributed by atoms with Crippen molar-refractivity contribution >= 4 is 45.4 Å². The molecule has 190 valence electrons. The Morgan fingerprint density at radius 2 is 1.23 bits per heavy atom. The molecule has 5 aromatic rings. The van der Waals surface area contributed by atoms with Crippen molar-refractivity contribution in [2.75, 3.05) is 0 Å². The van der Waals surface area contributed by atoms with E-state index in [0.29, 0.717) is 22.5 Å². The van der Waals surface area contributed by atoms with Crippen LogP contribution < -0.4 is 0 Å². The fourth-order valence-corrected chi connectivity index (χ4v) is 4.37. The number of aryl methyl sites for hydroxylation is 1. The number of aromatic hydroxyl groups is 1. The topological polar surface area (TPSA) is 92.5 Å². The van der Waals surface area contributed by atoms with Crippen LogP contribution in [0.15, 0.2) is 119 Å². The number of nitrogens with zero attached hydrogens (tertiary/aromatic N) is 4. The van der Waals surface area contributed by atoms with Gasteiger partial charge >= 0.3 is 0 Å². The van der Waals surface area contributed by atoms with E-state index in [1.54, 1.807) is 6.08 Å². The molecule has 0 aliphatic heterocycles. The van der Waals surface area contributed by atoms with Gasteiger partial charge in [-0.2, -0.15) is 15.6 Å². The van der Waals surface area contributed by atoms with Crippen LogP contribution in [0, 0.1) is 29.6 Å². The maximum Gasteiger partial charge on any atom is 0.146 e. The molecule has 0 amide bonds. The Labute approximate surface area is 232 Å². The minimum Gasteiger partial charge on any atom is -0.505 e. The van der Waals surface area contributed by atoms with Gasteiger partial charge in [-0.1, -0.05) is 91.0 Å². The lowest BCUT2D eigenvalue weighted by molar-refractivity contribution is 0.473. The summed E-state index contributed by atoms with van der Waals surface area (Å²) in [6, 6.07) is 38.7. The van der Waals surface area contributed by atoms with Crippen LogP contribution in [-0.2, 0) is 0 Å². The van der Waals surface area contributed by atoms with E-state index >= 15 is 0 Å². The fraction of sp³-hybridized carbons (Fsp3) is 0.0286. The van der Waals surface area contributed by atoms with E-state index in [9.17, 15) is 15.6 Å². The summed E-state index contributed by atoms with van der Waals surface area (Å²) in [5, 5.41) is 40.5. The lowest BCUT2D eigenvalue weighted by atomic mass is 9.99. The number of benzene rings is 5. The van der Waals surface area contributed by atoms with Crippen molar-refractivity contribution in [1.29, 1.82) is 10.5 Å². The summed E-state index contributed by atoms with van der Waals surface area (Å²) in [7, 11) is 0. The molecule has 0 saturated heterocycles.